The minimum atomic E-state index is -0.504. The van der Waals surface area contributed by atoms with E-state index in [1.807, 2.05) is 0 Å². The lowest BCUT2D eigenvalue weighted by molar-refractivity contribution is 0.182. The van der Waals surface area contributed by atoms with Gasteiger partial charge < -0.3 is 10.5 Å². The molecule has 2 rings (SSSR count). The number of benzene rings is 1. The summed E-state index contributed by atoms with van der Waals surface area (Å²) in [6.45, 7) is 0.338. The Bertz CT molecular complexity index is 545. The zero-order chi connectivity index (χ0) is 11.7. The van der Waals surface area contributed by atoms with Crippen LogP contribution in [0.15, 0.2) is 18.2 Å². The van der Waals surface area contributed by atoms with Crippen molar-refractivity contribution in [1.82, 2.24) is 4.98 Å². The molecule has 0 saturated heterocycles. The molecule has 2 N–H and O–H groups in total. The molecule has 1 heterocycles. The van der Waals surface area contributed by atoms with E-state index in [1.54, 1.807) is 13.2 Å². The van der Waals surface area contributed by atoms with Gasteiger partial charge in [0, 0.05) is 24.2 Å². The SMILES string of the molecule is COCc1cc(N)c2cc(Cl)c(F)cc2n1. The van der Waals surface area contributed by atoms with Gasteiger partial charge in [-0.2, -0.15) is 0 Å². The standard InChI is InChI=1S/C11H10ClFN2O/c1-16-5-6-2-10(14)7-3-8(12)9(13)4-11(7)15-6/h2-4H,5H2,1H3,(H2,14,15). The van der Waals surface area contributed by atoms with Gasteiger partial charge in [0.25, 0.3) is 0 Å². The second-order valence-corrected chi connectivity index (χ2v) is 3.83. The maximum absolute atomic E-state index is 13.3. The molecule has 0 amide bonds. The maximum atomic E-state index is 13.3. The first kappa shape index (κ1) is 11.1. The van der Waals surface area contributed by atoms with Crippen molar-refractivity contribution < 1.29 is 9.13 Å². The molecule has 0 spiro atoms. The zero-order valence-electron chi connectivity index (χ0n) is 8.63. The molecule has 16 heavy (non-hydrogen) atoms. The van der Waals surface area contributed by atoms with Crippen LogP contribution in [0.2, 0.25) is 5.02 Å². The number of anilines is 1. The molecule has 84 valence electrons. The van der Waals surface area contributed by atoms with E-state index in [1.165, 1.54) is 12.1 Å². The molecule has 0 radical (unpaired) electrons. The third-order valence-electron chi connectivity index (χ3n) is 2.23. The number of pyridine rings is 1. The Balaban J connectivity index is 2.67. The number of fused-ring (bicyclic) bond motifs is 1. The highest BCUT2D eigenvalue weighted by Crippen LogP contribution is 2.26. The average molecular weight is 241 g/mol. The number of nitrogens with zero attached hydrogens (tertiary/aromatic N) is 1. The van der Waals surface area contributed by atoms with Crippen LogP contribution in [0.4, 0.5) is 10.1 Å². The van der Waals surface area contributed by atoms with E-state index in [-0.39, 0.29) is 5.02 Å². The molecule has 2 aromatic rings. The van der Waals surface area contributed by atoms with Crippen LogP contribution in [-0.2, 0) is 11.3 Å². The van der Waals surface area contributed by atoms with Crippen LogP contribution in [0.5, 0.6) is 0 Å². The molecule has 0 atom stereocenters. The summed E-state index contributed by atoms with van der Waals surface area (Å²) < 4.78 is 18.2. The Hall–Kier alpha value is -1.39. The van der Waals surface area contributed by atoms with Crippen molar-refractivity contribution in [2.45, 2.75) is 6.61 Å². The monoisotopic (exact) mass is 240 g/mol. The molecule has 0 aliphatic heterocycles. The first-order valence-corrected chi connectivity index (χ1v) is 5.02. The van der Waals surface area contributed by atoms with E-state index in [0.29, 0.717) is 28.9 Å². The van der Waals surface area contributed by atoms with Crippen molar-refractivity contribution in [2.75, 3.05) is 12.8 Å². The largest absolute Gasteiger partial charge is 0.398 e. The van der Waals surface area contributed by atoms with Crippen molar-refractivity contribution >= 4 is 28.2 Å². The van der Waals surface area contributed by atoms with Crippen molar-refractivity contribution in [3.05, 3.63) is 34.7 Å². The fourth-order valence-electron chi connectivity index (χ4n) is 1.53. The first-order valence-electron chi connectivity index (χ1n) is 4.65. The molecular formula is C11H10ClFN2O. The normalized spacial score (nSPS) is 10.9. The van der Waals surface area contributed by atoms with Gasteiger partial charge in [-0.3, -0.25) is 4.98 Å². The molecule has 1 aromatic carbocycles. The van der Waals surface area contributed by atoms with Crippen molar-refractivity contribution in [1.29, 1.82) is 0 Å². The van der Waals surface area contributed by atoms with E-state index in [4.69, 9.17) is 22.1 Å². The van der Waals surface area contributed by atoms with Crippen LogP contribution in [0.3, 0.4) is 0 Å². The molecule has 5 heteroatoms. The van der Waals surface area contributed by atoms with Crippen molar-refractivity contribution in [3.8, 4) is 0 Å². The van der Waals surface area contributed by atoms with Gasteiger partial charge in [-0.05, 0) is 12.1 Å². The van der Waals surface area contributed by atoms with Crippen molar-refractivity contribution in [3.63, 3.8) is 0 Å². The van der Waals surface area contributed by atoms with E-state index in [9.17, 15) is 4.39 Å². The van der Waals surface area contributed by atoms with Crippen LogP contribution < -0.4 is 5.73 Å². The fourth-order valence-corrected chi connectivity index (χ4v) is 1.69. The summed E-state index contributed by atoms with van der Waals surface area (Å²) in [5.74, 6) is -0.504. The molecule has 0 aliphatic carbocycles. The highest BCUT2D eigenvalue weighted by molar-refractivity contribution is 6.31. The number of aromatic nitrogens is 1. The van der Waals surface area contributed by atoms with Crippen LogP contribution in [0.1, 0.15) is 5.69 Å². The summed E-state index contributed by atoms with van der Waals surface area (Å²) in [6.07, 6.45) is 0. The lowest BCUT2D eigenvalue weighted by Crippen LogP contribution is -1.97. The smallest absolute Gasteiger partial charge is 0.143 e. The molecule has 0 bridgehead atoms. The van der Waals surface area contributed by atoms with Gasteiger partial charge in [0.05, 0.1) is 22.8 Å². The van der Waals surface area contributed by atoms with Gasteiger partial charge in [-0.15, -0.1) is 0 Å². The molecule has 0 fully saturated rings. The van der Waals surface area contributed by atoms with E-state index >= 15 is 0 Å². The zero-order valence-corrected chi connectivity index (χ0v) is 9.38. The van der Waals surface area contributed by atoms with Crippen LogP contribution in [0.25, 0.3) is 10.9 Å². The second kappa shape index (κ2) is 4.23. The van der Waals surface area contributed by atoms with Gasteiger partial charge in [0.2, 0.25) is 0 Å². The number of hydrogen-bond donors (Lipinski definition) is 1. The van der Waals surface area contributed by atoms with Gasteiger partial charge in [-0.25, -0.2) is 4.39 Å². The predicted molar refractivity (Wildman–Crippen MR) is 61.8 cm³/mol. The topological polar surface area (TPSA) is 48.1 Å². The third-order valence-corrected chi connectivity index (χ3v) is 2.52. The number of hydrogen-bond acceptors (Lipinski definition) is 3. The van der Waals surface area contributed by atoms with Crippen LogP contribution >= 0.6 is 11.6 Å². The Morgan fingerprint density at radius 1 is 1.44 bits per heavy atom. The Morgan fingerprint density at radius 3 is 2.88 bits per heavy atom. The molecule has 0 aliphatic rings. The first-order chi connectivity index (χ1) is 7.61. The number of rotatable bonds is 2. The van der Waals surface area contributed by atoms with E-state index in [2.05, 4.69) is 4.98 Å². The summed E-state index contributed by atoms with van der Waals surface area (Å²) in [5.41, 5.74) is 7.48. The molecule has 0 saturated carbocycles. The van der Waals surface area contributed by atoms with Gasteiger partial charge >= 0.3 is 0 Å². The number of halogens is 2. The second-order valence-electron chi connectivity index (χ2n) is 3.42. The number of methoxy groups -OCH3 is 1. The van der Waals surface area contributed by atoms with Gasteiger partial charge in [0.15, 0.2) is 0 Å². The third kappa shape index (κ3) is 1.94. The lowest BCUT2D eigenvalue weighted by atomic mass is 10.1. The Kier molecular flexibility index (Phi) is 2.94. The Morgan fingerprint density at radius 2 is 2.19 bits per heavy atom. The summed E-state index contributed by atoms with van der Waals surface area (Å²) in [4.78, 5) is 4.22. The van der Waals surface area contributed by atoms with Crippen molar-refractivity contribution in [2.24, 2.45) is 0 Å². The molecule has 1 aromatic heterocycles. The highest BCUT2D eigenvalue weighted by atomic mass is 35.5. The van der Waals surface area contributed by atoms with Crippen LogP contribution in [-0.4, -0.2) is 12.1 Å². The molecular weight excluding hydrogens is 231 g/mol. The number of nitrogens with two attached hydrogens (primary N) is 1. The number of ether oxygens (including phenoxy) is 1. The minimum absolute atomic E-state index is 0.0421. The quantitative estimate of drug-likeness (QED) is 0.878. The summed E-state index contributed by atoms with van der Waals surface area (Å²) in [5, 5.41) is 0.687. The Labute approximate surface area is 97.0 Å². The lowest BCUT2D eigenvalue weighted by Gasteiger charge is -2.06. The minimum Gasteiger partial charge on any atom is -0.398 e. The molecule has 0 unspecified atom stereocenters. The van der Waals surface area contributed by atoms with Gasteiger partial charge in [0.1, 0.15) is 5.82 Å². The number of nitrogen functional groups attached to an aromatic ring is 1. The molecule has 3 nitrogen and oxygen atoms in total. The van der Waals surface area contributed by atoms with E-state index < -0.39 is 5.82 Å². The predicted octanol–water partition coefficient (Wildman–Crippen LogP) is 2.76. The van der Waals surface area contributed by atoms with E-state index in [0.717, 1.165) is 0 Å². The van der Waals surface area contributed by atoms with Crippen LogP contribution in [0, 0.1) is 5.82 Å². The fraction of sp³-hybridized carbons (Fsp3) is 0.182. The van der Waals surface area contributed by atoms with Gasteiger partial charge in [-0.1, -0.05) is 11.6 Å². The summed E-state index contributed by atoms with van der Waals surface area (Å²) >= 11 is 5.68. The average Bonchev–Trinajstić information content (AvgIpc) is 2.22. The summed E-state index contributed by atoms with van der Waals surface area (Å²) in [6, 6.07) is 4.44. The summed E-state index contributed by atoms with van der Waals surface area (Å²) in [7, 11) is 1.56. The maximum Gasteiger partial charge on any atom is 0.143 e. The highest BCUT2D eigenvalue weighted by Gasteiger charge is 2.08.